The Morgan fingerprint density at radius 3 is 2.86 bits per heavy atom. The molecule has 3 N–H and O–H groups in total. The number of carbonyl (C=O) groups excluding carboxylic acids is 1. The molecule has 110 valence electrons. The molecule has 0 aliphatic carbocycles. The Morgan fingerprint density at radius 1 is 1.48 bits per heavy atom. The second-order valence-electron chi connectivity index (χ2n) is 4.56. The summed E-state index contributed by atoms with van der Waals surface area (Å²) in [6, 6.07) is 3.88. The summed E-state index contributed by atoms with van der Waals surface area (Å²) in [6.45, 7) is 1.71. The Bertz CT molecular complexity index is 655. The number of aromatic amines is 1. The van der Waals surface area contributed by atoms with Crippen LogP contribution in [0.25, 0.3) is 0 Å². The number of carbonyl (C=O) groups is 2. The summed E-state index contributed by atoms with van der Waals surface area (Å²) in [5, 5.41) is 12.2. The molecule has 1 amide bonds. The van der Waals surface area contributed by atoms with Gasteiger partial charge in [-0.25, -0.2) is 9.78 Å². The number of aromatic nitrogens is 2. The molecule has 0 radical (unpaired) electrons. The summed E-state index contributed by atoms with van der Waals surface area (Å²) in [4.78, 5) is 30.1. The zero-order valence-electron chi connectivity index (χ0n) is 11.3. The Labute approximate surface area is 126 Å². The Balaban J connectivity index is 2.15. The van der Waals surface area contributed by atoms with Crippen LogP contribution in [0, 0.1) is 6.92 Å². The van der Waals surface area contributed by atoms with Gasteiger partial charge in [0.15, 0.2) is 0 Å². The molecule has 0 spiro atoms. The van der Waals surface area contributed by atoms with E-state index in [1.165, 1.54) is 12.5 Å². The van der Waals surface area contributed by atoms with Gasteiger partial charge in [0, 0.05) is 28.9 Å². The summed E-state index contributed by atoms with van der Waals surface area (Å²) < 4.78 is 0. The average molecular weight is 308 g/mol. The van der Waals surface area contributed by atoms with Crippen molar-refractivity contribution in [3.8, 4) is 0 Å². The van der Waals surface area contributed by atoms with Crippen LogP contribution in [0.5, 0.6) is 0 Å². The Hall–Kier alpha value is -2.34. The summed E-state index contributed by atoms with van der Waals surface area (Å²) in [5.74, 6) is -1.58. The normalized spacial score (nSPS) is 11.9. The molecule has 6 nitrogen and oxygen atoms in total. The molecular formula is C14H14ClN3O3. The molecule has 0 unspecified atom stereocenters. The molecule has 1 aromatic carbocycles. The van der Waals surface area contributed by atoms with Crippen LogP contribution in [-0.2, 0) is 11.2 Å². The molecule has 0 saturated heterocycles. The van der Waals surface area contributed by atoms with E-state index in [-0.39, 0.29) is 6.42 Å². The largest absolute Gasteiger partial charge is 0.480 e. The number of nitrogens with one attached hydrogen (secondary N) is 2. The molecular weight excluding hydrogens is 294 g/mol. The molecule has 0 fully saturated rings. The van der Waals surface area contributed by atoms with Gasteiger partial charge in [-0.15, -0.1) is 0 Å². The van der Waals surface area contributed by atoms with Crippen molar-refractivity contribution in [1.29, 1.82) is 0 Å². The quantitative estimate of drug-likeness (QED) is 0.785. The van der Waals surface area contributed by atoms with Gasteiger partial charge in [-0.05, 0) is 24.6 Å². The molecule has 0 saturated carbocycles. The average Bonchev–Trinajstić information content (AvgIpc) is 2.93. The number of halogens is 1. The van der Waals surface area contributed by atoms with Gasteiger partial charge in [0.05, 0.1) is 6.33 Å². The van der Waals surface area contributed by atoms with Gasteiger partial charge in [0.2, 0.25) is 0 Å². The summed E-state index contributed by atoms with van der Waals surface area (Å²) in [5.41, 5.74) is 1.60. The fourth-order valence-corrected chi connectivity index (χ4v) is 2.08. The minimum atomic E-state index is -1.11. The summed E-state index contributed by atoms with van der Waals surface area (Å²) in [6.07, 6.45) is 3.10. The lowest BCUT2D eigenvalue weighted by molar-refractivity contribution is -0.139. The van der Waals surface area contributed by atoms with Crippen LogP contribution >= 0.6 is 11.6 Å². The molecule has 21 heavy (non-hydrogen) atoms. The maximum absolute atomic E-state index is 12.2. The van der Waals surface area contributed by atoms with E-state index in [2.05, 4.69) is 15.3 Å². The zero-order valence-corrected chi connectivity index (χ0v) is 12.0. The van der Waals surface area contributed by atoms with Gasteiger partial charge in [-0.3, -0.25) is 4.79 Å². The van der Waals surface area contributed by atoms with E-state index in [9.17, 15) is 14.7 Å². The van der Waals surface area contributed by atoms with Crippen molar-refractivity contribution in [1.82, 2.24) is 15.3 Å². The fourth-order valence-electron chi connectivity index (χ4n) is 1.91. The lowest BCUT2D eigenvalue weighted by Crippen LogP contribution is -2.42. The van der Waals surface area contributed by atoms with Crippen molar-refractivity contribution < 1.29 is 14.7 Å². The first-order chi connectivity index (χ1) is 9.99. The lowest BCUT2D eigenvalue weighted by atomic mass is 10.1. The van der Waals surface area contributed by atoms with E-state index >= 15 is 0 Å². The molecule has 2 rings (SSSR count). The number of aliphatic carboxylic acids is 1. The molecule has 7 heteroatoms. The van der Waals surface area contributed by atoms with Crippen LogP contribution in [-0.4, -0.2) is 33.0 Å². The third-order valence-electron chi connectivity index (χ3n) is 3.09. The maximum atomic E-state index is 12.2. The number of amides is 1. The van der Waals surface area contributed by atoms with E-state index in [0.29, 0.717) is 21.8 Å². The fraction of sp³-hybridized carbons (Fsp3) is 0.214. The number of hydrogen-bond acceptors (Lipinski definition) is 3. The molecule has 1 heterocycles. The van der Waals surface area contributed by atoms with E-state index in [4.69, 9.17) is 11.6 Å². The smallest absolute Gasteiger partial charge is 0.326 e. The highest BCUT2D eigenvalue weighted by Gasteiger charge is 2.22. The third-order valence-corrected chi connectivity index (χ3v) is 3.50. The lowest BCUT2D eigenvalue weighted by Gasteiger charge is -2.15. The van der Waals surface area contributed by atoms with Crippen molar-refractivity contribution in [2.75, 3.05) is 0 Å². The number of nitrogens with zero attached hydrogens (tertiary/aromatic N) is 1. The minimum Gasteiger partial charge on any atom is -0.480 e. The van der Waals surface area contributed by atoms with Crippen LogP contribution in [0.15, 0.2) is 30.7 Å². The first kappa shape index (κ1) is 15.1. The van der Waals surface area contributed by atoms with E-state index in [1.807, 2.05) is 0 Å². The number of carboxylic acid groups (broad SMARTS) is 1. The Morgan fingerprint density at radius 2 is 2.24 bits per heavy atom. The standard InChI is InChI=1S/C14H14ClN3O3/c1-8-10(3-2-4-11(8)15)13(19)18-12(14(20)21)5-9-6-16-7-17-9/h2-4,6-7,12H,5H2,1H3,(H,16,17)(H,18,19)(H,20,21)/t12-/m1/s1. The van der Waals surface area contributed by atoms with Gasteiger partial charge < -0.3 is 15.4 Å². The zero-order chi connectivity index (χ0) is 15.4. The van der Waals surface area contributed by atoms with E-state index in [0.717, 1.165) is 0 Å². The number of H-pyrrole nitrogens is 1. The van der Waals surface area contributed by atoms with E-state index < -0.39 is 17.9 Å². The number of rotatable bonds is 5. The highest BCUT2D eigenvalue weighted by Crippen LogP contribution is 2.18. The molecule has 0 aliphatic rings. The first-order valence-corrected chi connectivity index (χ1v) is 6.63. The highest BCUT2D eigenvalue weighted by molar-refractivity contribution is 6.31. The Kier molecular flexibility index (Phi) is 4.59. The molecule has 2 aromatic rings. The van der Waals surface area contributed by atoms with E-state index in [1.54, 1.807) is 25.1 Å². The monoisotopic (exact) mass is 307 g/mol. The van der Waals surface area contributed by atoms with Crippen molar-refractivity contribution in [3.63, 3.8) is 0 Å². The van der Waals surface area contributed by atoms with Gasteiger partial charge in [0.25, 0.3) is 5.91 Å². The predicted octanol–water partition coefficient (Wildman–Crippen LogP) is 1.80. The van der Waals surface area contributed by atoms with Crippen LogP contribution in [0.2, 0.25) is 5.02 Å². The first-order valence-electron chi connectivity index (χ1n) is 6.25. The van der Waals surface area contributed by atoms with Crippen molar-refractivity contribution in [3.05, 3.63) is 52.6 Å². The van der Waals surface area contributed by atoms with Crippen LogP contribution in [0.4, 0.5) is 0 Å². The number of benzene rings is 1. The number of carboxylic acids is 1. The summed E-state index contributed by atoms with van der Waals surface area (Å²) >= 11 is 5.96. The molecule has 1 aromatic heterocycles. The third kappa shape index (κ3) is 3.61. The molecule has 1 atom stereocenters. The predicted molar refractivity (Wildman–Crippen MR) is 77.4 cm³/mol. The van der Waals surface area contributed by atoms with Gasteiger partial charge in [0.1, 0.15) is 6.04 Å². The number of hydrogen-bond donors (Lipinski definition) is 3. The maximum Gasteiger partial charge on any atom is 0.326 e. The van der Waals surface area contributed by atoms with Crippen LogP contribution in [0.1, 0.15) is 21.6 Å². The van der Waals surface area contributed by atoms with Crippen molar-refractivity contribution in [2.45, 2.75) is 19.4 Å². The van der Waals surface area contributed by atoms with Crippen molar-refractivity contribution >= 4 is 23.5 Å². The molecule has 0 aliphatic heterocycles. The molecule has 0 bridgehead atoms. The van der Waals surface area contributed by atoms with Crippen LogP contribution in [0.3, 0.4) is 0 Å². The van der Waals surface area contributed by atoms with Gasteiger partial charge in [-0.2, -0.15) is 0 Å². The van der Waals surface area contributed by atoms with Gasteiger partial charge >= 0.3 is 5.97 Å². The second-order valence-corrected chi connectivity index (χ2v) is 4.96. The minimum absolute atomic E-state index is 0.126. The highest BCUT2D eigenvalue weighted by atomic mass is 35.5. The SMILES string of the molecule is Cc1c(Cl)cccc1C(=O)N[C@H](Cc1cnc[nH]1)C(=O)O. The second kappa shape index (κ2) is 6.41. The summed E-state index contributed by atoms with van der Waals surface area (Å²) in [7, 11) is 0. The van der Waals surface area contributed by atoms with Crippen LogP contribution < -0.4 is 5.32 Å². The topological polar surface area (TPSA) is 95.1 Å². The van der Waals surface area contributed by atoms with Gasteiger partial charge in [-0.1, -0.05) is 17.7 Å². The number of imidazole rings is 1. The van der Waals surface area contributed by atoms with Crippen molar-refractivity contribution in [2.24, 2.45) is 0 Å².